The molecule has 3 aromatic rings. The molecule has 146 valence electrons. The van der Waals surface area contributed by atoms with Gasteiger partial charge in [-0.2, -0.15) is 0 Å². The third-order valence-corrected chi connectivity index (χ3v) is 6.72. The number of aromatic nitrogens is 2. The molecule has 0 unspecified atom stereocenters. The van der Waals surface area contributed by atoms with Gasteiger partial charge in [-0.1, -0.05) is 37.3 Å². The summed E-state index contributed by atoms with van der Waals surface area (Å²) in [6.07, 6.45) is 2.78. The van der Waals surface area contributed by atoms with Crippen LogP contribution in [-0.2, 0) is 17.8 Å². The van der Waals surface area contributed by atoms with E-state index in [-0.39, 0.29) is 12.3 Å². The number of nitrogens with one attached hydrogen (secondary N) is 1. The Kier molecular flexibility index (Phi) is 6.14. The highest BCUT2D eigenvalue weighted by molar-refractivity contribution is 7.14. The summed E-state index contributed by atoms with van der Waals surface area (Å²) < 4.78 is 0. The molecule has 0 bridgehead atoms. The SMILES string of the molecule is CC1CCN(Cc2csc(NC(=O)Cc3csc(-c4ccccc4)n3)n2)CC1. The minimum atomic E-state index is -0.0717. The fourth-order valence-corrected chi connectivity index (χ4v) is 4.86. The average molecular weight is 413 g/mol. The summed E-state index contributed by atoms with van der Waals surface area (Å²) in [4.78, 5) is 24.0. The van der Waals surface area contributed by atoms with Crippen molar-refractivity contribution >= 4 is 33.7 Å². The molecule has 0 radical (unpaired) electrons. The molecular formula is C21H24N4OS2. The molecule has 0 aliphatic carbocycles. The predicted octanol–water partition coefficient (Wildman–Crippen LogP) is 4.68. The topological polar surface area (TPSA) is 58.1 Å². The van der Waals surface area contributed by atoms with E-state index < -0.39 is 0 Å². The molecule has 1 amide bonds. The monoisotopic (exact) mass is 412 g/mol. The van der Waals surface area contributed by atoms with Crippen molar-refractivity contribution in [1.29, 1.82) is 0 Å². The number of carbonyl (C=O) groups excluding carboxylic acids is 1. The first-order valence-electron chi connectivity index (χ1n) is 9.62. The molecule has 3 heterocycles. The van der Waals surface area contributed by atoms with Crippen LogP contribution in [-0.4, -0.2) is 33.9 Å². The van der Waals surface area contributed by atoms with Crippen LogP contribution in [0.5, 0.6) is 0 Å². The van der Waals surface area contributed by atoms with E-state index in [0.29, 0.717) is 5.13 Å². The zero-order chi connectivity index (χ0) is 19.3. The molecule has 4 rings (SSSR count). The number of likely N-dealkylation sites (tertiary alicyclic amines) is 1. The highest BCUT2D eigenvalue weighted by Crippen LogP contribution is 2.24. The minimum absolute atomic E-state index is 0.0717. The fraction of sp³-hybridized carbons (Fsp3) is 0.381. The lowest BCUT2D eigenvalue weighted by molar-refractivity contribution is -0.115. The Bertz CT molecular complexity index is 913. The van der Waals surface area contributed by atoms with Crippen LogP contribution >= 0.6 is 22.7 Å². The highest BCUT2D eigenvalue weighted by Gasteiger charge is 2.17. The van der Waals surface area contributed by atoms with Gasteiger partial charge < -0.3 is 5.32 Å². The Hall–Kier alpha value is -2.09. The van der Waals surface area contributed by atoms with E-state index in [0.717, 1.165) is 47.5 Å². The smallest absolute Gasteiger partial charge is 0.232 e. The molecule has 0 atom stereocenters. The maximum absolute atomic E-state index is 12.4. The van der Waals surface area contributed by atoms with Crippen molar-refractivity contribution in [3.8, 4) is 10.6 Å². The van der Waals surface area contributed by atoms with Crippen LogP contribution in [0.15, 0.2) is 41.1 Å². The quantitative estimate of drug-likeness (QED) is 0.639. The van der Waals surface area contributed by atoms with Gasteiger partial charge in [0, 0.05) is 22.9 Å². The Morgan fingerprint density at radius 2 is 1.86 bits per heavy atom. The van der Waals surface area contributed by atoms with Gasteiger partial charge >= 0.3 is 0 Å². The number of anilines is 1. The van der Waals surface area contributed by atoms with Crippen LogP contribution in [0.25, 0.3) is 10.6 Å². The molecule has 0 saturated carbocycles. The van der Waals surface area contributed by atoms with Crippen LogP contribution in [0.1, 0.15) is 31.2 Å². The molecule has 2 aromatic heterocycles. The molecular weight excluding hydrogens is 388 g/mol. The lowest BCUT2D eigenvalue weighted by Gasteiger charge is -2.29. The first-order chi connectivity index (χ1) is 13.7. The maximum Gasteiger partial charge on any atom is 0.232 e. The normalized spacial score (nSPS) is 15.6. The molecule has 1 saturated heterocycles. The summed E-state index contributed by atoms with van der Waals surface area (Å²) >= 11 is 3.06. The largest absolute Gasteiger partial charge is 0.302 e. The van der Waals surface area contributed by atoms with Crippen LogP contribution < -0.4 is 5.32 Å². The Labute approximate surface area is 173 Å². The van der Waals surface area contributed by atoms with Gasteiger partial charge in [0.1, 0.15) is 5.01 Å². The molecule has 1 aliphatic heterocycles. The van der Waals surface area contributed by atoms with Gasteiger partial charge in [0.25, 0.3) is 0 Å². The first-order valence-corrected chi connectivity index (χ1v) is 11.4. The van der Waals surface area contributed by atoms with Crippen LogP contribution in [0.4, 0.5) is 5.13 Å². The van der Waals surface area contributed by atoms with Gasteiger partial charge in [-0.3, -0.25) is 9.69 Å². The summed E-state index contributed by atoms with van der Waals surface area (Å²) in [6.45, 7) is 5.45. The Morgan fingerprint density at radius 1 is 1.11 bits per heavy atom. The van der Waals surface area contributed by atoms with E-state index in [1.54, 1.807) is 11.3 Å². The molecule has 1 aliphatic rings. The van der Waals surface area contributed by atoms with Crippen molar-refractivity contribution in [1.82, 2.24) is 14.9 Å². The van der Waals surface area contributed by atoms with Crippen molar-refractivity contribution in [3.63, 3.8) is 0 Å². The summed E-state index contributed by atoms with van der Waals surface area (Å²) in [7, 11) is 0. The van der Waals surface area contributed by atoms with E-state index in [1.165, 1.54) is 24.2 Å². The lowest BCUT2D eigenvalue weighted by Crippen LogP contribution is -2.32. The second-order valence-corrected chi connectivity index (χ2v) is 9.05. The average Bonchev–Trinajstić information content (AvgIpc) is 3.34. The van der Waals surface area contributed by atoms with Gasteiger partial charge in [0.2, 0.25) is 5.91 Å². The molecule has 5 nitrogen and oxygen atoms in total. The summed E-state index contributed by atoms with van der Waals surface area (Å²) in [6, 6.07) is 10.0. The summed E-state index contributed by atoms with van der Waals surface area (Å²) in [5.41, 5.74) is 2.91. The van der Waals surface area contributed by atoms with Crippen molar-refractivity contribution in [2.75, 3.05) is 18.4 Å². The maximum atomic E-state index is 12.4. The van der Waals surface area contributed by atoms with Crippen molar-refractivity contribution < 1.29 is 4.79 Å². The third-order valence-electron chi connectivity index (χ3n) is 4.97. The van der Waals surface area contributed by atoms with Gasteiger partial charge in [0.15, 0.2) is 5.13 Å². The molecule has 0 spiro atoms. The predicted molar refractivity (Wildman–Crippen MR) is 116 cm³/mol. The zero-order valence-electron chi connectivity index (χ0n) is 15.9. The Balaban J connectivity index is 1.30. The number of hydrogen-bond acceptors (Lipinski definition) is 6. The second-order valence-electron chi connectivity index (χ2n) is 7.34. The van der Waals surface area contributed by atoms with E-state index in [4.69, 9.17) is 0 Å². The fourth-order valence-electron chi connectivity index (χ4n) is 3.32. The molecule has 1 N–H and O–H groups in total. The van der Waals surface area contributed by atoms with E-state index in [2.05, 4.69) is 27.1 Å². The number of nitrogens with zero attached hydrogens (tertiary/aromatic N) is 3. The Morgan fingerprint density at radius 3 is 2.64 bits per heavy atom. The van der Waals surface area contributed by atoms with E-state index >= 15 is 0 Å². The minimum Gasteiger partial charge on any atom is -0.302 e. The van der Waals surface area contributed by atoms with Gasteiger partial charge in [-0.05, 0) is 31.8 Å². The number of hydrogen-bond donors (Lipinski definition) is 1. The zero-order valence-corrected chi connectivity index (χ0v) is 17.6. The third kappa shape index (κ3) is 5.04. The van der Waals surface area contributed by atoms with Gasteiger partial charge in [0.05, 0.1) is 17.8 Å². The number of piperidine rings is 1. The molecule has 1 fully saturated rings. The molecule has 1 aromatic carbocycles. The standard InChI is InChI=1S/C21H24N4OS2/c1-15-7-9-25(10-8-15)12-18-14-28-21(23-18)24-19(26)11-17-13-27-20(22-17)16-5-3-2-4-6-16/h2-6,13-15H,7-12H2,1H3,(H,23,24,26). The highest BCUT2D eigenvalue weighted by atomic mass is 32.1. The van der Waals surface area contributed by atoms with Crippen LogP contribution in [0.3, 0.4) is 0 Å². The van der Waals surface area contributed by atoms with Crippen molar-refractivity contribution in [2.45, 2.75) is 32.7 Å². The van der Waals surface area contributed by atoms with Crippen molar-refractivity contribution in [3.05, 3.63) is 52.5 Å². The first kappa shape index (κ1) is 19.2. The van der Waals surface area contributed by atoms with E-state index in [1.807, 2.05) is 41.1 Å². The molecule has 7 heteroatoms. The number of thiazole rings is 2. The van der Waals surface area contributed by atoms with Crippen molar-refractivity contribution in [2.24, 2.45) is 5.92 Å². The lowest BCUT2D eigenvalue weighted by atomic mass is 9.99. The number of carbonyl (C=O) groups is 1. The van der Waals surface area contributed by atoms with Gasteiger partial charge in [-0.25, -0.2) is 9.97 Å². The number of rotatable bonds is 6. The summed E-state index contributed by atoms with van der Waals surface area (Å²) in [5, 5.41) is 8.53. The molecule has 28 heavy (non-hydrogen) atoms. The number of benzene rings is 1. The van der Waals surface area contributed by atoms with Gasteiger partial charge in [-0.15, -0.1) is 22.7 Å². The van der Waals surface area contributed by atoms with E-state index in [9.17, 15) is 4.79 Å². The summed E-state index contributed by atoms with van der Waals surface area (Å²) in [5.74, 6) is 0.757. The second kappa shape index (κ2) is 8.94. The van der Waals surface area contributed by atoms with Crippen LogP contribution in [0, 0.1) is 5.92 Å². The van der Waals surface area contributed by atoms with Crippen LogP contribution in [0.2, 0.25) is 0 Å². The number of amides is 1.